The molecular formula is C11H19NO4. The van der Waals surface area contributed by atoms with Crippen LogP contribution in [0.15, 0.2) is 0 Å². The van der Waals surface area contributed by atoms with Crippen molar-refractivity contribution >= 4 is 11.9 Å². The number of aliphatic carboxylic acids is 1. The quantitative estimate of drug-likeness (QED) is 0.728. The Balaban J connectivity index is 2.51. The average molecular weight is 229 g/mol. The summed E-state index contributed by atoms with van der Waals surface area (Å²) < 4.78 is 0. The molecule has 2 N–H and O–H groups in total. The largest absolute Gasteiger partial charge is 0.481 e. The van der Waals surface area contributed by atoms with E-state index in [0.717, 1.165) is 0 Å². The highest BCUT2D eigenvalue weighted by Crippen LogP contribution is 2.34. The van der Waals surface area contributed by atoms with Gasteiger partial charge in [0.05, 0.1) is 6.42 Å². The minimum Gasteiger partial charge on any atom is -0.481 e. The molecule has 1 saturated heterocycles. The molecule has 1 fully saturated rings. The number of aliphatic hydroxyl groups is 1. The third-order valence-electron chi connectivity index (χ3n) is 3.27. The number of nitrogens with zero attached hydrogens (tertiary/aromatic N) is 1. The van der Waals surface area contributed by atoms with Crippen molar-refractivity contribution in [2.45, 2.75) is 26.7 Å². The molecular weight excluding hydrogens is 210 g/mol. The van der Waals surface area contributed by atoms with Crippen LogP contribution < -0.4 is 0 Å². The fourth-order valence-corrected chi connectivity index (χ4v) is 2.07. The molecule has 0 aromatic rings. The molecule has 92 valence electrons. The maximum absolute atomic E-state index is 11.7. The molecule has 0 aromatic heterocycles. The van der Waals surface area contributed by atoms with E-state index >= 15 is 0 Å². The highest BCUT2D eigenvalue weighted by molar-refractivity contribution is 5.81. The summed E-state index contributed by atoms with van der Waals surface area (Å²) in [5.74, 6) is -1.00. The van der Waals surface area contributed by atoms with Gasteiger partial charge in [-0.3, -0.25) is 9.59 Å². The van der Waals surface area contributed by atoms with Crippen molar-refractivity contribution in [3.8, 4) is 0 Å². The molecule has 0 bridgehead atoms. The van der Waals surface area contributed by atoms with Crippen molar-refractivity contribution in [3.63, 3.8) is 0 Å². The fraction of sp³-hybridized carbons (Fsp3) is 0.818. The second kappa shape index (κ2) is 4.82. The van der Waals surface area contributed by atoms with Crippen LogP contribution in [0.5, 0.6) is 0 Å². The van der Waals surface area contributed by atoms with E-state index in [9.17, 15) is 14.7 Å². The van der Waals surface area contributed by atoms with Crippen LogP contribution in [-0.2, 0) is 9.59 Å². The first-order valence-corrected chi connectivity index (χ1v) is 5.47. The van der Waals surface area contributed by atoms with E-state index < -0.39 is 5.97 Å². The van der Waals surface area contributed by atoms with E-state index in [1.165, 1.54) is 0 Å². The van der Waals surface area contributed by atoms with Crippen LogP contribution in [-0.4, -0.2) is 46.7 Å². The molecule has 0 unspecified atom stereocenters. The molecule has 5 nitrogen and oxygen atoms in total. The molecule has 1 aliphatic rings. The van der Waals surface area contributed by atoms with Gasteiger partial charge in [-0.1, -0.05) is 13.8 Å². The fourth-order valence-electron chi connectivity index (χ4n) is 2.07. The van der Waals surface area contributed by atoms with Gasteiger partial charge in [0, 0.05) is 32.0 Å². The van der Waals surface area contributed by atoms with Gasteiger partial charge in [-0.25, -0.2) is 0 Å². The molecule has 0 radical (unpaired) electrons. The van der Waals surface area contributed by atoms with Gasteiger partial charge < -0.3 is 15.1 Å². The summed E-state index contributed by atoms with van der Waals surface area (Å²) in [5.41, 5.74) is -0.0896. The van der Waals surface area contributed by atoms with Crippen LogP contribution in [0.4, 0.5) is 0 Å². The standard InChI is InChI=1S/C11H19NO4/c1-11(2)7-12(5-8(11)6-13)9(14)3-4-10(15)16/h8,13H,3-7H2,1-2H3,(H,15,16)/t8-/m0/s1. The zero-order chi connectivity index (χ0) is 12.3. The van der Waals surface area contributed by atoms with Crippen LogP contribution >= 0.6 is 0 Å². The van der Waals surface area contributed by atoms with E-state index in [1.54, 1.807) is 4.90 Å². The summed E-state index contributed by atoms with van der Waals surface area (Å²) in [7, 11) is 0. The minimum absolute atomic E-state index is 0.0452. The van der Waals surface area contributed by atoms with Gasteiger partial charge in [0.2, 0.25) is 5.91 Å². The van der Waals surface area contributed by atoms with Crippen molar-refractivity contribution in [1.82, 2.24) is 4.90 Å². The van der Waals surface area contributed by atoms with Gasteiger partial charge in [0.15, 0.2) is 0 Å². The van der Waals surface area contributed by atoms with Gasteiger partial charge in [0.25, 0.3) is 0 Å². The predicted molar refractivity (Wildman–Crippen MR) is 57.8 cm³/mol. The van der Waals surface area contributed by atoms with Crippen LogP contribution in [0.3, 0.4) is 0 Å². The smallest absolute Gasteiger partial charge is 0.303 e. The van der Waals surface area contributed by atoms with Gasteiger partial charge in [-0.2, -0.15) is 0 Å². The molecule has 16 heavy (non-hydrogen) atoms. The summed E-state index contributed by atoms with van der Waals surface area (Å²) in [6, 6.07) is 0. The number of carboxylic acid groups (broad SMARTS) is 1. The van der Waals surface area contributed by atoms with Crippen LogP contribution in [0.1, 0.15) is 26.7 Å². The number of rotatable bonds is 4. The highest BCUT2D eigenvalue weighted by Gasteiger charge is 2.40. The lowest BCUT2D eigenvalue weighted by molar-refractivity contribution is -0.140. The van der Waals surface area contributed by atoms with E-state index in [4.69, 9.17) is 5.11 Å². The van der Waals surface area contributed by atoms with Crippen molar-refractivity contribution in [2.75, 3.05) is 19.7 Å². The number of carbonyl (C=O) groups is 2. The van der Waals surface area contributed by atoms with Crippen molar-refractivity contribution in [1.29, 1.82) is 0 Å². The summed E-state index contributed by atoms with van der Waals surface area (Å²) >= 11 is 0. The Morgan fingerprint density at radius 1 is 1.38 bits per heavy atom. The zero-order valence-corrected chi connectivity index (χ0v) is 9.77. The Labute approximate surface area is 95.1 Å². The summed E-state index contributed by atoms with van der Waals surface area (Å²) in [6.45, 7) is 5.21. The molecule has 1 aliphatic heterocycles. The highest BCUT2D eigenvalue weighted by atomic mass is 16.4. The molecule has 1 amide bonds. The minimum atomic E-state index is -0.953. The second-order valence-corrected chi connectivity index (χ2v) is 5.04. The Hall–Kier alpha value is -1.10. The maximum atomic E-state index is 11.7. The Morgan fingerprint density at radius 2 is 2.00 bits per heavy atom. The molecule has 1 rings (SSSR count). The van der Waals surface area contributed by atoms with Crippen LogP contribution in [0.25, 0.3) is 0 Å². The summed E-state index contributed by atoms with van der Waals surface area (Å²) in [6.07, 6.45) is -0.0802. The van der Waals surface area contributed by atoms with Crippen molar-refractivity contribution in [3.05, 3.63) is 0 Å². The first-order chi connectivity index (χ1) is 7.36. The number of hydrogen-bond donors (Lipinski definition) is 2. The number of hydrogen-bond acceptors (Lipinski definition) is 3. The molecule has 0 aromatic carbocycles. The van der Waals surface area contributed by atoms with Crippen LogP contribution in [0.2, 0.25) is 0 Å². The van der Waals surface area contributed by atoms with E-state index in [0.29, 0.717) is 13.1 Å². The number of aliphatic hydroxyl groups excluding tert-OH is 1. The Bertz CT molecular complexity index is 288. The lowest BCUT2D eigenvalue weighted by Crippen LogP contribution is -2.30. The van der Waals surface area contributed by atoms with Gasteiger partial charge in [-0.05, 0) is 5.41 Å². The SMILES string of the molecule is CC1(C)CN(C(=O)CCC(=O)O)C[C@H]1CO. The third kappa shape index (κ3) is 2.95. The lowest BCUT2D eigenvalue weighted by Gasteiger charge is -2.23. The molecule has 1 atom stereocenters. The second-order valence-electron chi connectivity index (χ2n) is 5.04. The molecule has 0 saturated carbocycles. The Morgan fingerprint density at radius 3 is 2.44 bits per heavy atom. The van der Waals surface area contributed by atoms with E-state index in [2.05, 4.69) is 0 Å². The van der Waals surface area contributed by atoms with Crippen molar-refractivity contribution < 1.29 is 19.8 Å². The van der Waals surface area contributed by atoms with Gasteiger partial charge in [-0.15, -0.1) is 0 Å². The summed E-state index contributed by atoms with van der Waals surface area (Å²) in [4.78, 5) is 23.7. The molecule has 1 heterocycles. The Kier molecular flexibility index (Phi) is 3.91. The molecule has 5 heteroatoms. The van der Waals surface area contributed by atoms with Crippen molar-refractivity contribution in [2.24, 2.45) is 11.3 Å². The van der Waals surface area contributed by atoms with Gasteiger partial charge in [0.1, 0.15) is 0 Å². The zero-order valence-electron chi connectivity index (χ0n) is 9.77. The normalized spacial score (nSPS) is 23.4. The van der Waals surface area contributed by atoms with Gasteiger partial charge >= 0.3 is 5.97 Å². The number of amides is 1. The molecule has 0 spiro atoms. The lowest BCUT2D eigenvalue weighted by atomic mass is 9.83. The topological polar surface area (TPSA) is 77.8 Å². The third-order valence-corrected chi connectivity index (χ3v) is 3.27. The number of likely N-dealkylation sites (tertiary alicyclic amines) is 1. The number of carboxylic acids is 1. The first-order valence-electron chi connectivity index (χ1n) is 5.47. The van der Waals surface area contributed by atoms with Crippen LogP contribution in [0, 0.1) is 11.3 Å². The van der Waals surface area contributed by atoms with E-state index in [-0.39, 0.29) is 36.7 Å². The molecule has 0 aliphatic carbocycles. The predicted octanol–water partition coefficient (Wildman–Crippen LogP) is 0.328. The number of carbonyl (C=O) groups excluding carboxylic acids is 1. The summed E-state index contributed by atoms with van der Waals surface area (Å²) in [5, 5.41) is 17.7. The average Bonchev–Trinajstić information content (AvgIpc) is 2.49. The monoisotopic (exact) mass is 229 g/mol. The van der Waals surface area contributed by atoms with E-state index in [1.807, 2.05) is 13.8 Å². The first kappa shape index (κ1) is 13.0. The maximum Gasteiger partial charge on any atom is 0.303 e.